The second kappa shape index (κ2) is 5.09. The lowest BCUT2D eigenvalue weighted by Gasteiger charge is -2.14. The van der Waals surface area contributed by atoms with Gasteiger partial charge in [-0.25, -0.2) is 4.39 Å². The third-order valence-electron chi connectivity index (χ3n) is 1.93. The molecular weight excluding hydrogens is 221 g/mol. The van der Waals surface area contributed by atoms with Gasteiger partial charge in [0.2, 0.25) is 0 Å². The minimum absolute atomic E-state index is 0.114. The Hall–Kier alpha value is -1.13. The van der Waals surface area contributed by atoms with Crippen molar-refractivity contribution in [1.82, 2.24) is 5.32 Å². The highest BCUT2D eigenvalue weighted by Crippen LogP contribution is 2.24. The summed E-state index contributed by atoms with van der Waals surface area (Å²) >= 11 is 5.76. The molecule has 0 aliphatic rings. The van der Waals surface area contributed by atoms with Crippen molar-refractivity contribution in [1.29, 1.82) is 0 Å². The Kier molecular flexibility index (Phi) is 4.05. The number of rotatable bonds is 4. The lowest BCUT2D eigenvalue weighted by atomic mass is 10.1. The van der Waals surface area contributed by atoms with E-state index < -0.39 is 17.8 Å². The van der Waals surface area contributed by atoms with Crippen molar-refractivity contribution in [2.75, 3.05) is 6.54 Å². The summed E-state index contributed by atoms with van der Waals surface area (Å²) < 4.78 is 12.7. The predicted octanol–water partition coefficient (Wildman–Crippen LogP) is 2.21. The summed E-state index contributed by atoms with van der Waals surface area (Å²) in [6.07, 6.45) is 0. The molecule has 1 aromatic carbocycles. The molecule has 0 aliphatic carbocycles. The van der Waals surface area contributed by atoms with Gasteiger partial charge in [-0.3, -0.25) is 4.79 Å². The summed E-state index contributed by atoms with van der Waals surface area (Å²) in [7, 11) is 0. The van der Waals surface area contributed by atoms with Crippen LogP contribution in [0.25, 0.3) is 0 Å². The number of carboxylic acids is 1. The molecule has 82 valence electrons. The fourth-order valence-electron chi connectivity index (χ4n) is 1.27. The van der Waals surface area contributed by atoms with Crippen LogP contribution in [0.4, 0.5) is 4.39 Å². The number of aliphatic carboxylic acids is 1. The minimum Gasteiger partial charge on any atom is -0.480 e. The van der Waals surface area contributed by atoms with E-state index in [9.17, 15) is 9.18 Å². The molecule has 15 heavy (non-hydrogen) atoms. The topological polar surface area (TPSA) is 49.3 Å². The number of nitrogens with one attached hydrogen (secondary N) is 1. The lowest BCUT2D eigenvalue weighted by Crippen LogP contribution is -2.28. The molecular formula is C10H11ClFNO2. The quantitative estimate of drug-likeness (QED) is 0.835. The van der Waals surface area contributed by atoms with Crippen molar-refractivity contribution in [3.63, 3.8) is 0 Å². The average molecular weight is 232 g/mol. The van der Waals surface area contributed by atoms with E-state index in [1.165, 1.54) is 12.1 Å². The maximum atomic E-state index is 12.7. The normalized spacial score (nSPS) is 12.5. The van der Waals surface area contributed by atoms with Crippen LogP contribution in [0.15, 0.2) is 18.2 Å². The standard InChI is InChI=1S/C10H11ClFNO2/c1-2-13-9(10(14)15)7-4-3-6(12)5-8(7)11/h3-5,9,13H,2H2,1H3,(H,14,15). The van der Waals surface area contributed by atoms with Crippen molar-refractivity contribution in [3.8, 4) is 0 Å². The number of carbonyl (C=O) groups is 1. The number of halogens is 2. The van der Waals surface area contributed by atoms with Crippen LogP contribution in [0.1, 0.15) is 18.5 Å². The van der Waals surface area contributed by atoms with Gasteiger partial charge >= 0.3 is 5.97 Å². The Morgan fingerprint density at radius 2 is 2.33 bits per heavy atom. The lowest BCUT2D eigenvalue weighted by molar-refractivity contribution is -0.139. The zero-order valence-corrected chi connectivity index (χ0v) is 8.88. The molecule has 0 radical (unpaired) electrons. The first kappa shape index (κ1) is 11.9. The second-order valence-electron chi connectivity index (χ2n) is 2.99. The van der Waals surface area contributed by atoms with Gasteiger partial charge in [0.05, 0.1) is 0 Å². The summed E-state index contributed by atoms with van der Waals surface area (Å²) in [5.41, 5.74) is 0.368. The molecule has 2 N–H and O–H groups in total. The van der Waals surface area contributed by atoms with Gasteiger partial charge in [0, 0.05) is 5.02 Å². The first-order valence-electron chi connectivity index (χ1n) is 4.47. The fourth-order valence-corrected chi connectivity index (χ4v) is 1.55. The molecule has 5 heteroatoms. The summed E-state index contributed by atoms with van der Waals surface area (Å²) in [5.74, 6) is -1.52. The van der Waals surface area contributed by atoms with Gasteiger partial charge < -0.3 is 10.4 Å². The first-order valence-corrected chi connectivity index (χ1v) is 4.85. The molecule has 0 bridgehead atoms. The Balaban J connectivity index is 3.05. The van der Waals surface area contributed by atoms with E-state index >= 15 is 0 Å². The van der Waals surface area contributed by atoms with E-state index in [-0.39, 0.29) is 5.02 Å². The number of hydrogen-bond donors (Lipinski definition) is 2. The van der Waals surface area contributed by atoms with E-state index in [0.29, 0.717) is 12.1 Å². The molecule has 0 amide bonds. The summed E-state index contributed by atoms with van der Waals surface area (Å²) in [5, 5.41) is 11.8. The zero-order chi connectivity index (χ0) is 11.4. The third-order valence-corrected chi connectivity index (χ3v) is 2.26. The predicted molar refractivity (Wildman–Crippen MR) is 55.5 cm³/mol. The molecule has 0 aromatic heterocycles. The summed E-state index contributed by atoms with van der Waals surface area (Å²) in [6, 6.07) is 2.76. The Morgan fingerprint density at radius 1 is 1.67 bits per heavy atom. The largest absolute Gasteiger partial charge is 0.480 e. The van der Waals surface area contributed by atoms with Crippen LogP contribution in [-0.4, -0.2) is 17.6 Å². The molecule has 0 spiro atoms. The van der Waals surface area contributed by atoms with Crippen molar-refractivity contribution >= 4 is 17.6 Å². The van der Waals surface area contributed by atoms with Gasteiger partial charge in [0.1, 0.15) is 11.9 Å². The monoisotopic (exact) mass is 231 g/mol. The molecule has 3 nitrogen and oxygen atoms in total. The maximum absolute atomic E-state index is 12.7. The van der Waals surface area contributed by atoms with Gasteiger partial charge in [-0.05, 0) is 24.2 Å². The average Bonchev–Trinajstić information content (AvgIpc) is 2.15. The summed E-state index contributed by atoms with van der Waals surface area (Å²) in [6.45, 7) is 2.28. The first-order chi connectivity index (χ1) is 7.06. The van der Waals surface area contributed by atoms with Gasteiger partial charge in [0.15, 0.2) is 0 Å². The van der Waals surface area contributed by atoms with E-state index in [0.717, 1.165) is 6.07 Å². The molecule has 0 saturated carbocycles. The SMILES string of the molecule is CCNC(C(=O)O)c1ccc(F)cc1Cl. The smallest absolute Gasteiger partial charge is 0.325 e. The van der Waals surface area contributed by atoms with Crippen LogP contribution in [0.3, 0.4) is 0 Å². The van der Waals surface area contributed by atoms with Gasteiger partial charge in [-0.2, -0.15) is 0 Å². The van der Waals surface area contributed by atoms with Crippen molar-refractivity contribution in [2.24, 2.45) is 0 Å². The number of carboxylic acid groups (broad SMARTS) is 1. The van der Waals surface area contributed by atoms with E-state index in [1.54, 1.807) is 6.92 Å². The number of benzene rings is 1. The van der Waals surface area contributed by atoms with Crippen molar-refractivity contribution in [3.05, 3.63) is 34.6 Å². The number of likely N-dealkylation sites (N-methyl/N-ethyl adjacent to an activating group) is 1. The Labute approximate surface area is 91.9 Å². The van der Waals surface area contributed by atoms with E-state index in [1.807, 2.05) is 0 Å². The Bertz CT molecular complexity index is 370. The second-order valence-corrected chi connectivity index (χ2v) is 3.40. The van der Waals surface area contributed by atoms with Crippen LogP contribution in [0.2, 0.25) is 5.02 Å². The fraction of sp³-hybridized carbons (Fsp3) is 0.300. The molecule has 1 rings (SSSR count). The minimum atomic E-state index is -1.04. The molecule has 0 aliphatic heterocycles. The molecule has 0 heterocycles. The highest BCUT2D eigenvalue weighted by molar-refractivity contribution is 6.31. The van der Waals surface area contributed by atoms with Gasteiger partial charge in [0.25, 0.3) is 0 Å². The van der Waals surface area contributed by atoms with Crippen LogP contribution in [0.5, 0.6) is 0 Å². The van der Waals surface area contributed by atoms with Crippen molar-refractivity contribution < 1.29 is 14.3 Å². The highest BCUT2D eigenvalue weighted by Gasteiger charge is 2.21. The summed E-state index contributed by atoms with van der Waals surface area (Å²) in [4.78, 5) is 10.9. The van der Waals surface area contributed by atoms with Crippen LogP contribution >= 0.6 is 11.6 Å². The van der Waals surface area contributed by atoms with E-state index in [2.05, 4.69) is 5.32 Å². The van der Waals surface area contributed by atoms with Gasteiger partial charge in [-0.15, -0.1) is 0 Å². The molecule has 0 saturated heterocycles. The number of hydrogen-bond acceptors (Lipinski definition) is 2. The van der Waals surface area contributed by atoms with Crippen molar-refractivity contribution in [2.45, 2.75) is 13.0 Å². The van der Waals surface area contributed by atoms with Crippen LogP contribution in [0, 0.1) is 5.82 Å². The van der Waals surface area contributed by atoms with Crippen LogP contribution < -0.4 is 5.32 Å². The molecule has 1 atom stereocenters. The molecule has 0 fully saturated rings. The van der Waals surface area contributed by atoms with Crippen LogP contribution in [-0.2, 0) is 4.79 Å². The maximum Gasteiger partial charge on any atom is 0.325 e. The highest BCUT2D eigenvalue weighted by atomic mass is 35.5. The third kappa shape index (κ3) is 2.91. The van der Waals surface area contributed by atoms with E-state index in [4.69, 9.17) is 16.7 Å². The zero-order valence-electron chi connectivity index (χ0n) is 8.13. The van der Waals surface area contributed by atoms with Gasteiger partial charge in [-0.1, -0.05) is 24.6 Å². The molecule has 1 unspecified atom stereocenters. The molecule has 1 aromatic rings. The Morgan fingerprint density at radius 3 is 2.80 bits per heavy atom.